The topological polar surface area (TPSA) is 151 Å². The number of nitrogens with one attached hydrogen (secondary N) is 2. The molecule has 0 bridgehead atoms. The predicted octanol–water partition coefficient (Wildman–Crippen LogP) is 3.09. The first-order valence-corrected chi connectivity index (χ1v) is 17.0. The molecule has 12 nitrogen and oxygen atoms in total. The Hall–Kier alpha value is -4.63. The molecule has 6 rings (SSSR count). The lowest BCUT2D eigenvalue weighted by atomic mass is 9.66. The van der Waals surface area contributed by atoms with Gasteiger partial charge < -0.3 is 20.0 Å². The number of benzene rings is 2. The van der Waals surface area contributed by atoms with E-state index in [0.29, 0.717) is 55.1 Å². The summed E-state index contributed by atoms with van der Waals surface area (Å²) >= 11 is 0. The van der Waals surface area contributed by atoms with Gasteiger partial charge in [-0.15, -0.1) is 10.2 Å². The van der Waals surface area contributed by atoms with E-state index < -0.39 is 5.41 Å². The molecule has 252 valence electrons. The van der Waals surface area contributed by atoms with Crippen molar-refractivity contribution in [2.45, 2.75) is 75.3 Å². The van der Waals surface area contributed by atoms with Gasteiger partial charge in [-0.2, -0.15) is 10.5 Å². The molecule has 0 unspecified atom stereocenters. The van der Waals surface area contributed by atoms with E-state index in [0.717, 1.165) is 54.4 Å². The molecule has 3 aliphatic rings. The molecule has 1 saturated carbocycles. The summed E-state index contributed by atoms with van der Waals surface area (Å²) in [6.07, 6.45) is 7.69. The minimum absolute atomic E-state index is 0.0593. The van der Waals surface area contributed by atoms with Gasteiger partial charge in [-0.25, -0.2) is 0 Å². The Kier molecular flexibility index (Phi) is 9.60. The lowest BCUT2D eigenvalue weighted by Crippen LogP contribution is -2.48. The Morgan fingerprint density at radius 3 is 2.08 bits per heavy atom. The molecule has 2 N–H and O–H groups in total. The second kappa shape index (κ2) is 13.8. The zero-order chi connectivity index (χ0) is 34.0. The molecule has 2 fully saturated rings. The van der Waals surface area contributed by atoms with Crippen LogP contribution in [0.3, 0.4) is 0 Å². The van der Waals surface area contributed by atoms with Gasteiger partial charge in [-0.05, 0) is 97.4 Å². The van der Waals surface area contributed by atoms with Gasteiger partial charge in [0.05, 0.1) is 18.0 Å². The van der Waals surface area contributed by atoms with Crippen LogP contribution in [-0.4, -0.2) is 106 Å². The van der Waals surface area contributed by atoms with Crippen molar-refractivity contribution < 1.29 is 14.4 Å². The molecule has 1 saturated heterocycles. The summed E-state index contributed by atoms with van der Waals surface area (Å²) in [6, 6.07) is 13.6. The minimum atomic E-state index is -0.903. The van der Waals surface area contributed by atoms with Crippen LogP contribution in [0, 0.1) is 17.2 Å². The quantitative estimate of drug-likeness (QED) is 0.358. The van der Waals surface area contributed by atoms with E-state index >= 15 is 0 Å². The van der Waals surface area contributed by atoms with E-state index in [1.165, 1.54) is 0 Å². The number of fused-ring (bicyclic) bond motifs is 2. The monoisotopic (exact) mass is 651 g/mol. The summed E-state index contributed by atoms with van der Waals surface area (Å²) in [4.78, 5) is 44.6. The zero-order valence-corrected chi connectivity index (χ0v) is 28.3. The number of carbonyl (C=O) groups excluding carboxylic acids is 3. The molecule has 2 heterocycles. The highest BCUT2D eigenvalue weighted by Gasteiger charge is 2.48. The number of nitriles is 1. The molecular weight excluding hydrogens is 606 g/mol. The Labute approximate surface area is 281 Å². The molecule has 0 radical (unpaired) electrons. The van der Waals surface area contributed by atoms with E-state index in [-0.39, 0.29) is 36.3 Å². The van der Waals surface area contributed by atoms with Gasteiger partial charge >= 0.3 is 0 Å². The average molecular weight is 652 g/mol. The maximum Gasteiger partial charge on any atom is 0.253 e. The summed E-state index contributed by atoms with van der Waals surface area (Å²) in [5.41, 5.74) is 4.31. The Morgan fingerprint density at radius 1 is 0.958 bits per heavy atom. The van der Waals surface area contributed by atoms with Crippen LogP contribution < -0.4 is 5.32 Å². The van der Waals surface area contributed by atoms with Crippen molar-refractivity contribution in [3.8, 4) is 6.07 Å². The molecular formula is C36H45N9O3. The lowest BCUT2D eigenvalue weighted by molar-refractivity contribution is -0.130. The molecule has 12 heteroatoms. The number of aromatic nitrogens is 4. The number of nitrogens with zero attached hydrogens (tertiary/aromatic N) is 7. The Bertz CT molecular complexity index is 1630. The molecule has 3 aromatic rings. The third kappa shape index (κ3) is 6.19. The first-order chi connectivity index (χ1) is 23.1. The SMILES string of the molecule is CN(C)C(=O)c1ccc2c(c1)CCc1cc(C(=O)N(C)C)ccc1C2(C[C@H](NCC(=O)N1CCC[C@H]1C#N)C1CCCC1)c1nn[nH]n1. The lowest BCUT2D eigenvalue weighted by Gasteiger charge is -2.39. The van der Waals surface area contributed by atoms with Crippen molar-refractivity contribution in [3.05, 3.63) is 75.6 Å². The standard InChI is InChI=1S/C36H45N9O3/c1-43(2)33(47)26-13-15-29-24(18-26)11-12-25-19-27(34(48)44(3)4)14-16-30(25)36(29,35-39-41-42-40-35)20-31(23-8-5-6-9-23)38-22-32(46)45-17-7-10-28(45)21-37/h13-16,18-19,23,28,31,38H,5-12,17,20,22H2,1-4H3,(H,39,40,41,42)/t28-,31-/m0/s1. The van der Waals surface area contributed by atoms with Crippen LogP contribution in [0.5, 0.6) is 0 Å². The second-order valence-corrected chi connectivity index (χ2v) is 13.9. The van der Waals surface area contributed by atoms with Crippen LogP contribution in [-0.2, 0) is 23.1 Å². The highest BCUT2D eigenvalue weighted by Crippen LogP contribution is 2.48. The molecule has 0 spiro atoms. The fourth-order valence-electron chi connectivity index (χ4n) is 8.14. The van der Waals surface area contributed by atoms with E-state index in [9.17, 15) is 19.6 Å². The molecule has 48 heavy (non-hydrogen) atoms. The first-order valence-electron chi connectivity index (χ1n) is 17.0. The van der Waals surface area contributed by atoms with Crippen LogP contribution >= 0.6 is 0 Å². The number of likely N-dealkylation sites (tertiary alicyclic amines) is 1. The first kappa shape index (κ1) is 33.3. The van der Waals surface area contributed by atoms with Gasteiger partial charge in [0.15, 0.2) is 5.82 Å². The van der Waals surface area contributed by atoms with Gasteiger partial charge in [0, 0.05) is 51.9 Å². The normalized spacial score (nSPS) is 19.1. The fraction of sp³-hybridized carbons (Fsp3) is 0.528. The summed E-state index contributed by atoms with van der Waals surface area (Å²) < 4.78 is 0. The molecule has 2 aromatic carbocycles. The fourth-order valence-corrected chi connectivity index (χ4v) is 8.14. The number of tetrazole rings is 1. The number of carbonyl (C=O) groups is 3. The molecule has 1 aliphatic heterocycles. The molecule has 2 atom stereocenters. The summed E-state index contributed by atoms with van der Waals surface area (Å²) in [5, 5.41) is 29.3. The highest BCUT2D eigenvalue weighted by molar-refractivity contribution is 5.95. The largest absolute Gasteiger partial charge is 0.345 e. The highest BCUT2D eigenvalue weighted by atomic mass is 16.2. The average Bonchev–Trinajstić information content (AvgIpc) is 3.89. The predicted molar refractivity (Wildman–Crippen MR) is 179 cm³/mol. The molecule has 1 aromatic heterocycles. The van der Waals surface area contributed by atoms with Crippen molar-refractivity contribution >= 4 is 17.7 Å². The number of hydrogen-bond acceptors (Lipinski definition) is 8. The third-order valence-corrected chi connectivity index (χ3v) is 10.6. The van der Waals surface area contributed by atoms with Gasteiger partial charge in [-0.1, -0.05) is 30.2 Å². The Balaban J connectivity index is 1.50. The van der Waals surface area contributed by atoms with Crippen LogP contribution in [0.15, 0.2) is 36.4 Å². The van der Waals surface area contributed by atoms with Gasteiger partial charge in [-0.3, -0.25) is 14.4 Å². The van der Waals surface area contributed by atoms with E-state index in [1.54, 1.807) is 42.9 Å². The van der Waals surface area contributed by atoms with E-state index in [4.69, 9.17) is 0 Å². The van der Waals surface area contributed by atoms with Crippen molar-refractivity contribution in [3.63, 3.8) is 0 Å². The van der Waals surface area contributed by atoms with Gasteiger partial charge in [0.25, 0.3) is 11.8 Å². The van der Waals surface area contributed by atoms with Crippen LogP contribution in [0.1, 0.15) is 93.7 Å². The maximum absolute atomic E-state index is 13.5. The van der Waals surface area contributed by atoms with Crippen molar-refractivity contribution in [2.75, 3.05) is 41.3 Å². The summed E-state index contributed by atoms with van der Waals surface area (Å²) in [7, 11) is 6.99. The van der Waals surface area contributed by atoms with Crippen molar-refractivity contribution in [1.82, 2.24) is 40.6 Å². The second-order valence-electron chi connectivity index (χ2n) is 13.9. The van der Waals surface area contributed by atoms with Crippen molar-refractivity contribution in [1.29, 1.82) is 5.26 Å². The number of rotatable bonds is 9. The van der Waals surface area contributed by atoms with Gasteiger partial charge in [0.2, 0.25) is 5.91 Å². The number of aryl methyl sites for hydroxylation is 2. The van der Waals surface area contributed by atoms with Crippen LogP contribution in [0.25, 0.3) is 0 Å². The van der Waals surface area contributed by atoms with E-state index in [1.807, 2.05) is 36.4 Å². The van der Waals surface area contributed by atoms with Crippen LogP contribution in [0.4, 0.5) is 0 Å². The third-order valence-electron chi connectivity index (χ3n) is 10.6. The number of amides is 3. The number of hydrogen-bond donors (Lipinski definition) is 2. The maximum atomic E-state index is 13.5. The number of aromatic amines is 1. The summed E-state index contributed by atoms with van der Waals surface area (Å²) in [6.45, 7) is 0.732. The zero-order valence-electron chi connectivity index (χ0n) is 28.3. The number of H-pyrrole nitrogens is 1. The smallest absolute Gasteiger partial charge is 0.253 e. The summed E-state index contributed by atoms with van der Waals surface area (Å²) in [5.74, 6) is 0.600. The van der Waals surface area contributed by atoms with Crippen LogP contribution in [0.2, 0.25) is 0 Å². The Morgan fingerprint density at radius 2 is 1.56 bits per heavy atom. The molecule has 2 aliphatic carbocycles. The molecule has 3 amide bonds. The van der Waals surface area contributed by atoms with Gasteiger partial charge in [0.1, 0.15) is 6.04 Å². The van der Waals surface area contributed by atoms with E-state index in [2.05, 4.69) is 32.0 Å². The minimum Gasteiger partial charge on any atom is -0.345 e. The van der Waals surface area contributed by atoms with Crippen molar-refractivity contribution in [2.24, 2.45) is 5.92 Å².